The number of nitrogens with zero attached hydrogens (tertiary/aromatic N) is 2. The van der Waals surface area contributed by atoms with E-state index in [0.29, 0.717) is 42.0 Å². The van der Waals surface area contributed by atoms with Crippen LogP contribution in [0.25, 0.3) is 16.5 Å². The predicted octanol–water partition coefficient (Wildman–Crippen LogP) is 4.39. The van der Waals surface area contributed by atoms with E-state index in [0.717, 1.165) is 49.7 Å². The maximum Gasteiger partial charge on any atom is 0.263 e. The summed E-state index contributed by atoms with van der Waals surface area (Å²) >= 11 is 0. The normalized spacial score (nSPS) is 18.5. The highest BCUT2D eigenvalue weighted by Crippen LogP contribution is 2.23. The Morgan fingerprint density at radius 3 is 2.80 bits per heavy atom. The number of benzene rings is 2. The van der Waals surface area contributed by atoms with Crippen molar-refractivity contribution in [3.05, 3.63) is 70.1 Å². The standard InChI is InChI=1S/C28H32FN3O3/c1-19-5-6-21(27(33)30-23-8-9-23)16-26(19)32-14-11-20-7-10-24(17-25(20)28(32)34)35-15-3-13-31-12-2-4-22(29)18-31/h5-7,10-11,14,16-17,22-23H,2-4,8-9,12-13,15,18H2,1H3,(H,30,33). The van der Waals surface area contributed by atoms with Gasteiger partial charge in [-0.1, -0.05) is 12.1 Å². The number of likely N-dealkylation sites (tertiary alicyclic amines) is 1. The highest BCUT2D eigenvalue weighted by Gasteiger charge is 2.24. The Kier molecular flexibility index (Phi) is 6.86. The van der Waals surface area contributed by atoms with Crippen LogP contribution >= 0.6 is 0 Å². The van der Waals surface area contributed by atoms with E-state index in [1.165, 1.54) is 0 Å². The molecule has 0 bridgehead atoms. The van der Waals surface area contributed by atoms with Crippen molar-refractivity contribution in [3.8, 4) is 11.4 Å². The number of amides is 1. The molecule has 1 amide bonds. The van der Waals surface area contributed by atoms with Gasteiger partial charge in [-0.05, 0) is 86.9 Å². The van der Waals surface area contributed by atoms with Crippen LogP contribution in [-0.4, -0.2) is 53.8 Å². The Labute approximate surface area is 204 Å². The van der Waals surface area contributed by atoms with Gasteiger partial charge in [-0.15, -0.1) is 0 Å². The number of hydrogen-bond donors (Lipinski definition) is 1. The Balaban J connectivity index is 1.32. The molecular formula is C28H32FN3O3. The summed E-state index contributed by atoms with van der Waals surface area (Å²) in [6, 6.07) is 13.2. The number of aryl methyl sites for hydroxylation is 1. The molecule has 6 nitrogen and oxygen atoms in total. The van der Waals surface area contributed by atoms with Gasteiger partial charge in [0.25, 0.3) is 11.5 Å². The minimum absolute atomic E-state index is 0.107. The second-order valence-corrected chi connectivity index (χ2v) is 9.73. The van der Waals surface area contributed by atoms with Crippen molar-refractivity contribution in [1.82, 2.24) is 14.8 Å². The van der Waals surface area contributed by atoms with E-state index >= 15 is 0 Å². The van der Waals surface area contributed by atoms with Gasteiger partial charge in [0.05, 0.1) is 17.7 Å². The lowest BCUT2D eigenvalue weighted by Crippen LogP contribution is -2.37. The number of carbonyl (C=O) groups excluding carboxylic acids is 1. The summed E-state index contributed by atoms with van der Waals surface area (Å²) in [7, 11) is 0. The van der Waals surface area contributed by atoms with Gasteiger partial charge in [0.2, 0.25) is 0 Å². The number of pyridine rings is 1. The number of ether oxygens (including phenoxy) is 1. The van der Waals surface area contributed by atoms with E-state index < -0.39 is 6.17 Å². The number of carbonyl (C=O) groups is 1. The van der Waals surface area contributed by atoms with Gasteiger partial charge < -0.3 is 15.0 Å². The first-order valence-electron chi connectivity index (χ1n) is 12.5. The summed E-state index contributed by atoms with van der Waals surface area (Å²) in [6.45, 7) is 4.71. The van der Waals surface area contributed by atoms with Gasteiger partial charge in [0.1, 0.15) is 11.9 Å². The molecule has 1 aliphatic heterocycles. The number of halogens is 1. The largest absolute Gasteiger partial charge is 0.494 e. The number of rotatable bonds is 8. The molecule has 1 atom stereocenters. The molecule has 2 aliphatic rings. The zero-order chi connectivity index (χ0) is 24.4. The number of alkyl halides is 1. The molecule has 184 valence electrons. The molecule has 2 heterocycles. The maximum absolute atomic E-state index is 13.6. The lowest BCUT2D eigenvalue weighted by Gasteiger charge is -2.28. The summed E-state index contributed by atoms with van der Waals surface area (Å²) in [5, 5.41) is 4.40. The van der Waals surface area contributed by atoms with Crippen molar-refractivity contribution in [1.29, 1.82) is 0 Å². The third-order valence-corrected chi connectivity index (χ3v) is 6.86. The van der Waals surface area contributed by atoms with Crippen LogP contribution in [0.1, 0.15) is 48.0 Å². The van der Waals surface area contributed by atoms with Crippen LogP contribution < -0.4 is 15.6 Å². The van der Waals surface area contributed by atoms with E-state index in [2.05, 4.69) is 10.2 Å². The summed E-state index contributed by atoms with van der Waals surface area (Å²) < 4.78 is 21.1. The van der Waals surface area contributed by atoms with Gasteiger partial charge in [0.15, 0.2) is 0 Å². The molecule has 2 fully saturated rings. The van der Waals surface area contributed by atoms with E-state index in [9.17, 15) is 14.0 Å². The minimum Gasteiger partial charge on any atom is -0.494 e. The second kappa shape index (κ2) is 10.2. The zero-order valence-corrected chi connectivity index (χ0v) is 20.1. The average molecular weight is 478 g/mol. The van der Waals surface area contributed by atoms with Crippen molar-refractivity contribution in [3.63, 3.8) is 0 Å². The van der Waals surface area contributed by atoms with E-state index in [4.69, 9.17) is 4.74 Å². The molecule has 1 aromatic heterocycles. The zero-order valence-electron chi connectivity index (χ0n) is 20.1. The summed E-state index contributed by atoms with van der Waals surface area (Å²) in [4.78, 5) is 28.1. The van der Waals surface area contributed by atoms with Gasteiger partial charge >= 0.3 is 0 Å². The fourth-order valence-corrected chi connectivity index (χ4v) is 4.68. The molecule has 1 saturated heterocycles. The molecule has 0 spiro atoms. The summed E-state index contributed by atoms with van der Waals surface area (Å²) in [5.74, 6) is 0.536. The molecule has 1 saturated carbocycles. The molecule has 35 heavy (non-hydrogen) atoms. The third-order valence-electron chi connectivity index (χ3n) is 6.86. The molecule has 1 aliphatic carbocycles. The van der Waals surface area contributed by atoms with Crippen molar-refractivity contribution in [2.75, 3.05) is 26.2 Å². The van der Waals surface area contributed by atoms with Crippen LogP contribution in [0, 0.1) is 6.92 Å². The predicted molar refractivity (Wildman–Crippen MR) is 135 cm³/mol. The number of aromatic nitrogens is 1. The maximum atomic E-state index is 13.6. The first-order valence-corrected chi connectivity index (χ1v) is 12.5. The van der Waals surface area contributed by atoms with Gasteiger partial charge in [0, 0.05) is 30.9 Å². The van der Waals surface area contributed by atoms with E-state index in [-0.39, 0.29) is 17.5 Å². The van der Waals surface area contributed by atoms with Crippen LogP contribution in [0.4, 0.5) is 4.39 Å². The Bertz CT molecular complexity index is 1280. The summed E-state index contributed by atoms with van der Waals surface area (Å²) in [6.07, 6.45) is 5.46. The lowest BCUT2D eigenvalue weighted by atomic mass is 10.1. The second-order valence-electron chi connectivity index (χ2n) is 9.73. The number of fused-ring (bicyclic) bond motifs is 1. The lowest BCUT2D eigenvalue weighted by molar-refractivity contribution is 0.0951. The summed E-state index contributed by atoms with van der Waals surface area (Å²) in [5.41, 5.74) is 2.00. The van der Waals surface area contributed by atoms with E-state index in [1.54, 1.807) is 29.0 Å². The molecule has 7 heteroatoms. The van der Waals surface area contributed by atoms with Crippen molar-refractivity contribution < 1.29 is 13.9 Å². The number of hydrogen-bond acceptors (Lipinski definition) is 4. The molecule has 5 rings (SSSR count). The fraction of sp³-hybridized carbons (Fsp3) is 0.429. The minimum atomic E-state index is -0.718. The highest BCUT2D eigenvalue weighted by molar-refractivity contribution is 5.95. The van der Waals surface area contributed by atoms with Crippen molar-refractivity contribution in [2.45, 2.75) is 51.2 Å². The third kappa shape index (κ3) is 5.56. The fourth-order valence-electron chi connectivity index (χ4n) is 4.68. The molecule has 3 aromatic rings. The Morgan fingerprint density at radius 1 is 1.14 bits per heavy atom. The van der Waals surface area contributed by atoms with Crippen LogP contribution in [0.5, 0.6) is 5.75 Å². The van der Waals surface area contributed by atoms with Crippen LogP contribution in [0.15, 0.2) is 53.5 Å². The number of nitrogens with one attached hydrogen (secondary N) is 1. The number of piperidine rings is 1. The molecule has 2 aromatic carbocycles. The molecular weight excluding hydrogens is 445 g/mol. The topological polar surface area (TPSA) is 63.6 Å². The van der Waals surface area contributed by atoms with Crippen LogP contribution in [-0.2, 0) is 0 Å². The van der Waals surface area contributed by atoms with Gasteiger partial charge in [-0.2, -0.15) is 0 Å². The Hall–Kier alpha value is -3.19. The van der Waals surface area contributed by atoms with E-state index in [1.807, 2.05) is 31.2 Å². The van der Waals surface area contributed by atoms with Gasteiger partial charge in [-0.25, -0.2) is 4.39 Å². The van der Waals surface area contributed by atoms with Crippen LogP contribution in [0.3, 0.4) is 0 Å². The Morgan fingerprint density at radius 2 is 2.00 bits per heavy atom. The monoisotopic (exact) mass is 477 g/mol. The average Bonchev–Trinajstić information content (AvgIpc) is 3.67. The highest BCUT2D eigenvalue weighted by atomic mass is 19.1. The van der Waals surface area contributed by atoms with Crippen molar-refractivity contribution in [2.24, 2.45) is 0 Å². The van der Waals surface area contributed by atoms with Crippen molar-refractivity contribution >= 4 is 16.7 Å². The van der Waals surface area contributed by atoms with Crippen LogP contribution in [0.2, 0.25) is 0 Å². The smallest absolute Gasteiger partial charge is 0.263 e. The molecule has 0 radical (unpaired) electrons. The first-order chi connectivity index (χ1) is 17.0. The molecule has 1 unspecified atom stereocenters. The first kappa shape index (κ1) is 23.5. The molecule has 1 N–H and O–H groups in total. The quantitative estimate of drug-likeness (QED) is 0.489. The van der Waals surface area contributed by atoms with Gasteiger partial charge in [-0.3, -0.25) is 14.2 Å². The SMILES string of the molecule is Cc1ccc(C(=O)NC2CC2)cc1-n1ccc2ccc(OCCCN3CCCC(F)C3)cc2c1=O.